The number of hydrogen-bond acceptors (Lipinski definition) is 3. The number of hydrogen-bond donors (Lipinski definition) is 1. The Morgan fingerprint density at radius 3 is 2.75 bits per heavy atom. The molecule has 20 heavy (non-hydrogen) atoms. The first-order valence-corrected chi connectivity index (χ1v) is 7.50. The van der Waals surface area contributed by atoms with Crippen molar-refractivity contribution in [1.29, 1.82) is 0 Å². The summed E-state index contributed by atoms with van der Waals surface area (Å²) in [4.78, 5) is 8.88. The molecule has 0 spiro atoms. The molecule has 0 aliphatic rings. The van der Waals surface area contributed by atoms with Crippen LogP contribution < -0.4 is 5.32 Å². The van der Waals surface area contributed by atoms with Crippen LogP contribution in [0.25, 0.3) is 0 Å². The van der Waals surface area contributed by atoms with Gasteiger partial charge in [0.15, 0.2) is 0 Å². The summed E-state index contributed by atoms with van der Waals surface area (Å²) in [5.41, 5.74) is 0.788. The second kappa shape index (κ2) is 6.95. The van der Waals surface area contributed by atoms with Gasteiger partial charge in [0.05, 0.1) is 15.7 Å². The maximum Gasteiger partial charge on any atom is 0.145 e. The highest BCUT2D eigenvalue weighted by molar-refractivity contribution is 6.36. The van der Waals surface area contributed by atoms with Crippen molar-refractivity contribution in [1.82, 2.24) is 14.5 Å². The average Bonchev–Trinajstić information content (AvgIpc) is 2.87. The van der Waals surface area contributed by atoms with Crippen LogP contribution in [0, 0.1) is 0 Å². The second-order valence-electron chi connectivity index (χ2n) is 4.48. The van der Waals surface area contributed by atoms with Crippen molar-refractivity contribution in [3.8, 4) is 0 Å². The molecule has 2 aromatic heterocycles. The van der Waals surface area contributed by atoms with E-state index in [4.69, 9.17) is 23.2 Å². The fourth-order valence-corrected chi connectivity index (χ4v) is 2.43. The van der Waals surface area contributed by atoms with Crippen LogP contribution in [0.2, 0.25) is 10.0 Å². The largest absolute Gasteiger partial charge is 0.369 e. The zero-order valence-corrected chi connectivity index (χ0v) is 13.2. The second-order valence-corrected chi connectivity index (χ2v) is 5.29. The first kappa shape index (κ1) is 15.1. The molecule has 2 aromatic rings. The monoisotopic (exact) mass is 312 g/mol. The van der Waals surface area contributed by atoms with Gasteiger partial charge in [-0.2, -0.15) is 0 Å². The third-order valence-electron chi connectivity index (χ3n) is 3.01. The predicted octanol–water partition coefficient (Wildman–Crippen LogP) is 4.02. The lowest BCUT2D eigenvalue weighted by Crippen LogP contribution is -2.07. The van der Waals surface area contributed by atoms with E-state index < -0.39 is 0 Å². The van der Waals surface area contributed by atoms with E-state index in [9.17, 15) is 0 Å². The van der Waals surface area contributed by atoms with Crippen molar-refractivity contribution >= 4 is 29.0 Å². The van der Waals surface area contributed by atoms with Gasteiger partial charge in [-0.05, 0) is 19.4 Å². The van der Waals surface area contributed by atoms with Crippen LogP contribution in [0.5, 0.6) is 0 Å². The molecule has 0 aliphatic heterocycles. The summed E-state index contributed by atoms with van der Waals surface area (Å²) >= 11 is 12.4. The summed E-state index contributed by atoms with van der Waals surface area (Å²) in [5, 5.41) is 4.33. The van der Waals surface area contributed by atoms with Crippen molar-refractivity contribution in [2.75, 3.05) is 11.9 Å². The number of nitrogens with zero attached hydrogens (tertiary/aromatic N) is 3. The molecule has 0 saturated carbocycles. The van der Waals surface area contributed by atoms with Gasteiger partial charge in [0.25, 0.3) is 0 Å². The molecule has 2 rings (SSSR count). The minimum Gasteiger partial charge on any atom is -0.369 e. The Kier molecular flexibility index (Phi) is 5.26. The number of anilines is 1. The highest BCUT2D eigenvalue weighted by Gasteiger charge is 2.12. The molecule has 0 aromatic carbocycles. The lowest BCUT2D eigenvalue weighted by molar-refractivity contribution is 0.708. The topological polar surface area (TPSA) is 42.7 Å². The number of halogens is 2. The molecule has 0 unspecified atom stereocenters. The summed E-state index contributed by atoms with van der Waals surface area (Å²) in [6.45, 7) is 5.88. The lowest BCUT2D eigenvalue weighted by Gasteiger charge is -2.11. The minimum atomic E-state index is 0.547. The standard InChI is InChI=1S/C14H18Cl2N4/c1-3-5-18-14-11(16)8-10(15)12(19-14)9-13-17-6-7-20(13)4-2/h6-8H,3-5,9H2,1-2H3,(H,18,19). The van der Waals surface area contributed by atoms with Crippen LogP contribution in [0.4, 0.5) is 5.82 Å². The van der Waals surface area contributed by atoms with Gasteiger partial charge in [-0.25, -0.2) is 9.97 Å². The Labute approximate surface area is 129 Å². The summed E-state index contributed by atoms with van der Waals surface area (Å²) in [5.74, 6) is 1.63. The van der Waals surface area contributed by atoms with Crippen molar-refractivity contribution in [3.63, 3.8) is 0 Å². The lowest BCUT2D eigenvalue weighted by atomic mass is 10.2. The van der Waals surface area contributed by atoms with Gasteiger partial charge in [-0.1, -0.05) is 30.1 Å². The number of pyridine rings is 1. The maximum atomic E-state index is 6.24. The van der Waals surface area contributed by atoms with Crippen LogP contribution in [0.1, 0.15) is 31.8 Å². The molecule has 0 fully saturated rings. The summed E-state index contributed by atoms with van der Waals surface area (Å²) in [7, 11) is 0. The fraction of sp³-hybridized carbons (Fsp3) is 0.429. The van der Waals surface area contributed by atoms with E-state index in [-0.39, 0.29) is 0 Å². The summed E-state index contributed by atoms with van der Waals surface area (Å²) < 4.78 is 2.08. The van der Waals surface area contributed by atoms with E-state index in [1.165, 1.54) is 0 Å². The Hall–Kier alpha value is -1.26. The van der Waals surface area contributed by atoms with Gasteiger partial charge in [-0.15, -0.1) is 0 Å². The van der Waals surface area contributed by atoms with Crippen LogP contribution in [0.3, 0.4) is 0 Å². The summed E-state index contributed by atoms with van der Waals surface area (Å²) in [6.07, 6.45) is 5.35. The molecule has 0 aliphatic carbocycles. The number of rotatable bonds is 6. The molecule has 6 heteroatoms. The van der Waals surface area contributed by atoms with Crippen molar-refractivity contribution in [2.24, 2.45) is 0 Å². The number of aromatic nitrogens is 3. The zero-order valence-electron chi connectivity index (χ0n) is 11.7. The smallest absolute Gasteiger partial charge is 0.145 e. The van der Waals surface area contributed by atoms with Gasteiger partial charge in [0, 0.05) is 31.9 Å². The highest BCUT2D eigenvalue weighted by Crippen LogP contribution is 2.27. The van der Waals surface area contributed by atoms with E-state index in [0.717, 1.165) is 31.0 Å². The van der Waals surface area contributed by atoms with Crippen molar-refractivity contribution in [2.45, 2.75) is 33.2 Å². The number of aryl methyl sites for hydroxylation is 1. The third kappa shape index (κ3) is 3.44. The van der Waals surface area contributed by atoms with Crippen LogP contribution in [0.15, 0.2) is 18.5 Å². The van der Waals surface area contributed by atoms with Gasteiger partial charge < -0.3 is 9.88 Å². The van der Waals surface area contributed by atoms with Gasteiger partial charge in [-0.3, -0.25) is 0 Å². The quantitative estimate of drug-likeness (QED) is 0.876. The molecule has 0 amide bonds. The van der Waals surface area contributed by atoms with E-state index in [2.05, 4.69) is 33.7 Å². The predicted molar refractivity (Wildman–Crippen MR) is 83.7 cm³/mol. The normalized spacial score (nSPS) is 10.8. The molecule has 2 heterocycles. The Morgan fingerprint density at radius 1 is 1.25 bits per heavy atom. The van der Waals surface area contributed by atoms with Gasteiger partial charge in [0.1, 0.15) is 11.6 Å². The van der Waals surface area contributed by atoms with E-state index in [0.29, 0.717) is 22.3 Å². The van der Waals surface area contributed by atoms with Crippen LogP contribution >= 0.6 is 23.2 Å². The third-order valence-corrected chi connectivity index (χ3v) is 3.63. The molecular weight excluding hydrogens is 295 g/mol. The van der Waals surface area contributed by atoms with Crippen LogP contribution in [-0.2, 0) is 13.0 Å². The first-order valence-electron chi connectivity index (χ1n) is 6.74. The number of nitrogens with one attached hydrogen (secondary N) is 1. The molecule has 1 N–H and O–H groups in total. The van der Waals surface area contributed by atoms with Gasteiger partial charge >= 0.3 is 0 Å². The van der Waals surface area contributed by atoms with Crippen LogP contribution in [-0.4, -0.2) is 21.1 Å². The molecule has 108 valence electrons. The van der Waals surface area contributed by atoms with E-state index >= 15 is 0 Å². The van der Waals surface area contributed by atoms with Gasteiger partial charge in [0.2, 0.25) is 0 Å². The number of imidazole rings is 1. The van der Waals surface area contributed by atoms with E-state index in [1.54, 1.807) is 12.3 Å². The Morgan fingerprint density at radius 2 is 2.05 bits per heavy atom. The molecule has 4 nitrogen and oxygen atoms in total. The molecule has 0 atom stereocenters. The zero-order chi connectivity index (χ0) is 14.5. The van der Waals surface area contributed by atoms with Crippen molar-refractivity contribution < 1.29 is 0 Å². The van der Waals surface area contributed by atoms with E-state index in [1.807, 2.05) is 6.20 Å². The Bertz CT molecular complexity index is 581. The molecule has 0 saturated heterocycles. The molecular formula is C14H18Cl2N4. The highest BCUT2D eigenvalue weighted by atomic mass is 35.5. The Balaban J connectivity index is 2.26. The molecule has 0 bridgehead atoms. The summed E-state index contributed by atoms with van der Waals surface area (Å²) in [6, 6.07) is 1.74. The SMILES string of the molecule is CCCNc1nc(Cc2nccn2CC)c(Cl)cc1Cl. The average molecular weight is 313 g/mol. The molecule has 0 radical (unpaired) electrons. The van der Waals surface area contributed by atoms with Crippen molar-refractivity contribution in [3.05, 3.63) is 40.0 Å². The fourth-order valence-electron chi connectivity index (χ4n) is 1.94. The first-order chi connectivity index (χ1) is 9.65. The maximum absolute atomic E-state index is 6.24. The minimum absolute atomic E-state index is 0.547.